The van der Waals surface area contributed by atoms with E-state index in [1.165, 1.54) is 6.08 Å². The Hall–Kier alpha value is -1.19. The zero-order valence-corrected chi connectivity index (χ0v) is 7.59. The second kappa shape index (κ2) is 4.16. The Labute approximate surface area is 76.7 Å². The summed E-state index contributed by atoms with van der Waals surface area (Å²) in [6.07, 6.45) is 0.826. The van der Waals surface area contributed by atoms with E-state index in [2.05, 4.69) is 16.9 Å². The fourth-order valence-corrected chi connectivity index (χ4v) is 0.980. The van der Waals surface area contributed by atoms with Crippen LogP contribution in [0.4, 0.5) is 4.39 Å². The van der Waals surface area contributed by atoms with Crippen molar-refractivity contribution in [2.45, 2.75) is 19.5 Å². The van der Waals surface area contributed by atoms with Crippen LogP contribution in [-0.4, -0.2) is 24.5 Å². The number of aliphatic imine (C=N–C) groups is 1. The van der Waals surface area contributed by atoms with Crippen LogP contribution in [0.25, 0.3) is 0 Å². The Morgan fingerprint density at radius 2 is 2.46 bits per heavy atom. The maximum absolute atomic E-state index is 12.4. The molecule has 1 saturated carbocycles. The van der Waals surface area contributed by atoms with Crippen molar-refractivity contribution in [3.63, 3.8) is 0 Å². The minimum absolute atomic E-state index is 0.292. The topological polar surface area (TPSA) is 41.5 Å². The van der Waals surface area contributed by atoms with Gasteiger partial charge in [-0.15, -0.1) is 0 Å². The van der Waals surface area contributed by atoms with Crippen molar-refractivity contribution in [2.75, 3.05) is 6.54 Å². The summed E-state index contributed by atoms with van der Waals surface area (Å²) in [6.45, 7) is 5.92. The SMILES string of the molecule is C=C/C(=N\CC)NC(=O)[C@@H]1C[C@@H]1F. The number of carbonyl (C=O) groups excluding carboxylic acids is 1. The van der Waals surface area contributed by atoms with Crippen molar-refractivity contribution in [1.82, 2.24) is 5.32 Å². The number of halogens is 1. The standard InChI is InChI=1S/C9H13FN2O/c1-3-8(11-4-2)12-9(13)6-5-7(6)10/h3,6-7H,1,4-5H2,2H3,(H,11,12,13)/t6-,7+/m1/s1. The van der Waals surface area contributed by atoms with E-state index in [-0.39, 0.29) is 5.91 Å². The first-order chi connectivity index (χ1) is 6.19. The number of amides is 1. The molecule has 1 N–H and O–H groups in total. The summed E-state index contributed by atoms with van der Waals surface area (Å²) < 4.78 is 12.4. The fraction of sp³-hybridized carbons (Fsp3) is 0.556. The van der Waals surface area contributed by atoms with E-state index in [1.807, 2.05) is 6.92 Å². The summed E-state index contributed by atoms with van der Waals surface area (Å²) in [7, 11) is 0. The molecule has 0 heterocycles. The first kappa shape index (κ1) is 9.89. The van der Waals surface area contributed by atoms with Crippen molar-refractivity contribution in [2.24, 2.45) is 10.9 Å². The molecule has 0 spiro atoms. The van der Waals surface area contributed by atoms with Gasteiger partial charge in [0.2, 0.25) is 5.91 Å². The van der Waals surface area contributed by atoms with E-state index in [0.717, 1.165) is 0 Å². The maximum Gasteiger partial charge on any atom is 0.231 e. The van der Waals surface area contributed by atoms with Crippen molar-refractivity contribution >= 4 is 11.7 Å². The van der Waals surface area contributed by atoms with Gasteiger partial charge in [0, 0.05) is 6.54 Å². The monoisotopic (exact) mass is 184 g/mol. The highest BCUT2D eigenvalue weighted by Crippen LogP contribution is 2.33. The maximum atomic E-state index is 12.4. The van der Waals surface area contributed by atoms with Crippen LogP contribution in [-0.2, 0) is 4.79 Å². The van der Waals surface area contributed by atoms with E-state index in [4.69, 9.17) is 0 Å². The minimum Gasteiger partial charge on any atom is -0.311 e. The summed E-state index contributed by atoms with van der Waals surface area (Å²) in [5.74, 6) is -0.340. The lowest BCUT2D eigenvalue weighted by Crippen LogP contribution is -2.31. The Morgan fingerprint density at radius 1 is 1.85 bits per heavy atom. The van der Waals surface area contributed by atoms with Gasteiger partial charge in [0.1, 0.15) is 12.0 Å². The molecule has 2 atom stereocenters. The number of nitrogens with zero attached hydrogens (tertiary/aromatic N) is 1. The predicted molar refractivity (Wildman–Crippen MR) is 49.3 cm³/mol. The molecule has 1 fully saturated rings. The third kappa shape index (κ3) is 2.65. The number of carbonyl (C=O) groups is 1. The highest BCUT2D eigenvalue weighted by molar-refractivity contribution is 6.05. The lowest BCUT2D eigenvalue weighted by atomic mass is 10.4. The summed E-state index contributed by atoms with van der Waals surface area (Å²) in [5.41, 5.74) is 0. The second-order valence-electron chi connectivity index (χ2n) is 2.91. The van der Waals surface area contributed by atoms with Crippen LogP contribution in [0.5, 0.6) is 0 Å². The molecule has 1 rings (SSSR count). The first-order valence-corrected chi connectivity index (χ1v) is 4.30. The highest BCUT2D eigenvalue weighted by Gasteiger charge is 2.43. The summed E-state index contributed by atoms with van der Waals surface area (Å²) in [4.78, 5) is 15.1. The van der Waals surface area contributed by atoms with Crippen LogP contribution in [0.3, 0.4) is 0 Å². The largest absolute Gasteiger partial charge is 0.311 e. The molecular weight excluding hydrogens is 171 g/mol. The molecule has 1 aliphatic rings. The van der Waals surface area contributed by atoms with Crippen molar-refractivity contribution in [3.8, 4) is 0 Å². The minimum atomic E-state index is -0.965. The summed E-state index contributed by atoms with van der Waals surface area (Å²) >= 11 is 0. The number of hydrogen-bond acceptors (Lipinski definition) is 2. The molecule has 0 aromatic heterocycles. The van der Waals surface area contributed by atoms with Gasteiger partial charge in [-0.05, 0) is 19.4 Å². The summed E-state index contributed by atoms with van der Waals surface area (Å²) in [6, 6.07) is 0. The van der Waals surface area contributed by atoms with Gasteiger partial charge in [-0.2, -0.15) is 0 Å². The normalized spacial score (nSPS) is 26.8. The van der Waals surface area contributed by atoms with Crippen LogP contribution in [0.1, 0.15) is 13.3 Å². The zero-order valence-electron chi connectivity index (χ0n) is 7.59. The first-order valence-electron chi connectivity index (χ1n) is 4.30. The average Bonchev–Trinajstić information content (AvgIpc) is 2.82. The molecule has 0 radical (unpaired) electrons. The van der Waals surface area contributed by atoms with Crippen LogP contribution in [0.2, 0.25) is 0 Å². The third-order valence-electron chi connectivity index (χ3n) is 1.82. The number of nitrogens with one attached hydrogen (secondary N) is 1. The molecule has 0 aliphatic heterocycles. The summed E-state index contributed by atoms with van der Waals surface area (Å²) in [5, 5.41) is 2.51. The van der Waals surface area contributed by atoms with Gasteiger partial charge in [-0.1, -0.05) is 6.58 Å². The smallest absolute Gasteiger partial charge is 0.231 e. The van der Waals surface area contributed by atoms with Gasteiger partial charge in [-0.3, -0.25) is 9.79 Å². The Morgan fingerprint density at radius 3 is 2.85 bits per heavy atom. The molecule has 0 aromatic carbocycles. The van der Waals surface area contributed by atoms with E-state index >= 15 is 0 Å². The molecule has 1 aliphatic carbocycles. The quantitative estimate of drug-likeness (QED) is 0.517. The van der Waals surface area contributed by atoms with Gasteiger partial charge >= 0.3 is 0 Å². The zero-order chi connectivity index (χ0) is 9.84. The number of alkyl halides is 1. The number of amidine groups is 1. The van der Waals surface area contributed by atoms with Gasteiger partial charge in [0.25, 0.3) is 0 Å². The second-order valence-corrected chi connectivity index (χ2v) is 2.91. The molecule has 3 nitrogen and oxygen atoms in total. The van der Waals surface area contributed by atoms with Crippen molar-refractivity contribution in [1.29, 1.82) is 0 Å². The van der Waals surface area contributed by atoms with Crippen LogP contribution in [0.15, 0.2) is 17.6 Å². The van der Waals surface area contributed by atoms with Gasteiger partial charge in [0.15, 0.2) is 0 Å². The van der Waals surface area contributed by atoms with Gasteiger partial charge in [-0.25, -0.2) is 4.39 Å². The predicted octanol–water partition coefficient (Wildman–Crippen LogP) is 1.07. The molecule has 72 valence electrons. The average molecular weight is 184 g/mol. The van der Waals surface area contributed by atoms with E-state index in [9.17, 15) is 9.18 Å². The molecule has 0 bridgehead atoms. The van der Waals surface area contributed by atoms with Crippen LogP contribution in [0, 0.1) is 5.92 Å². The molecule has 0 unspecified atom stereocenters. The third-order valence-corrected chi connectivity index (χ3v) is 1.82. The molecule has 4 heteroatoms. The number of rotatable bonds is 3. The molecule has 0 saturated heterocycles. The Balaban J connectivity index is 2.42. The van der Waals surface area contributed by atoms with E-state index in [0.29, 0.717) is 18.8 Å². The van der Waals surface area contributed by atoms with Crippen molar-refractivity contribution < 1.29 is 9.18 Å². The Kier molecular flexibility index (Phi) is 3.17. The van der Waals surface area contributed by atoms with Crippen molar-refractivity contribution in [3.05, 3.63) is 12.7 Å². The fourth-order valence-electron chi connectivity index (χ4n) is 0.980. The lowest BCUT2D eigenvalue weighted by molar-refractivity contribution is -0.121. The van der Waals surface area contributed by atoms with Gasteiger partial charge in [0.05, 0.1) is 5.92 Å². The van der Waals surface area contributed by atoms with Gasteiger partial charge < -0.3 is 5.32 Å². The van der Waals surface area contributed by atoms with E-state index < -0.39 is 12.1 Å². The molecule has 13 heavy (non-hydrogen) atoms. The molecule has 1 amide bonds. The molecule has 0 aromatic rings. The van der Waals surface area contributed by atoms with Crippen LogP contribution >= 0.6 is 0 Å². The molecular formula is C9H13FN2O. The Bertz CT molecular complexity index is 250. The highest BCUT2D eigenvalue weighted by atomic mass is 19.1. The number of hydrogen-bond donors (Lipinski definition) is 1. The van der Waals surface area contributed by atoms with E-state index in [1.54, 1.807) is 0 Å². The lowest BCUT2D eigenvalue weighted by Gasteiger charge is -2.02. The van der Waals surface area contributed by atoms with Crippen LogP contribution < -0.4 is 5.32 Å².